The van der Waals surface area contributed by atoms with Crippen molar-refractivity contribution in [2.75, 3.05) is 54.1 Å². The first-order valence-corrected chi connectivity index (χ1v) is 13.1. The number of ether oxygens (including phenoxy) is 4. The van der Waals surface area contributed by atoms with E-state index in [1.807, 2.05) is 60.1 Å². The fourth-order valence-electron chi connectivity index (χ4n) is 5.45. The van der Waals surface area contributed by atoms with E-state index in [1.54, 1.807) is 27.4 Å². The lowest BCUT2D eigenvalue weighted by atomic mass is 9.77. The highest BCUT2D eigenvalue weighted by molar-refractivity contribution is 5.98. The fraction of sp³-hybridized carbons (Fsp3) is 0.467. The molecule has 8 nitrogen and oxygen atoms in total. The summed E-state index contributed by atoms with van der Waals surface area (Å²) in [6.07, 6.45) is 4.58. The van der Waals surface area contributed by atoms with Crippen LogP contribution in [0.4, 0.5) is 0 Å². The van der Waals surface area contributed by atoms with E-state index in [-0.39, 0.29) is 17.2 Å². The second-order valence-corrected chi connectivity index (χ2v) is 10.0. The SMILES string of the molecule is CCOc1ccc(C(=O)N2CCC3(CCN(C(=O)C(C)=Cc4cc(OC)c(OC)cc4OC)C3)CC2)cc1. The van der Waals surface area contributed by atoms with Gasteiger partial charge in [-0.05, 0) is 74.9 Å². The van der Waals surface area contributed by atoms with Gasteiger partial charge in [0.05, 0.1) is 27.9 Å². The summed E-state index contributed by atoms with van der Waals surface area (Å²) in [4.78, 5) is 30.3. The highest BCUT2D eigenvalue weighted by atomic mass is 16.5. The van der Waals surface area contributed by atoms with Crippen molar-refractivity contribution in [1.29, 1.82) is 0 Å². The zero-order valence-electron chi connectivity index (χ0n) is 23.0. The maximum atomic E-state index is 13.4. The summed E-state index contributed by atoms with van der Waals surface area (Å²) in [7, 11) is 4.74. The lowest BCUT2D eigenvalue weighted by Gasteiger charge is -2.39. The molecule has 2 fully saturated rings. The summed E-state index contributed by atoms with van der Waals surface area (Å²) >= 11 is 0. The monoisotopic (exact) mass is 522 g/mol. The van der Waals surface area contributed by atoms with Gasteiger partial charge in [-0.25, -0.2) is 0 Å². The molecule has 2 aliphatic heterocycles. The second-order valence-electron chi connectivity index (χ2n) is 10.0. The molecule has 2 saturated heterocycles. The van der Waals surface area contributed by atoms with E-state index >= 15 is 0 Å². The number of nitrogens with zero attached hydrogens (tertiary/aromatic N) is 2. The van der Waals surface area contributed by atoms with Crippen LogP contribution in [-0.4, -0.2) is 75.7 Å². The van der Waals surface area contributed by atoms with Crippen molar-refractivity contribution in [3.8, 4) is 23.0 Å². The van der Waals surface area contributed by atoms with Crippen LogP contribution in [0.1, 0.15) is 49.0 Å². The molecule has 0 N–H and O–H groups in total. The molecule has 2 amide bonds. The van der Waals surface area contributed by atoms with Gasteiger partial charge in [0.15, 0.2) is 11.5 Å². The molecule has 2 aromatic carbocycles. The summed E-state index contributed by atoms with van der Waals surface area (Å²) < 4.78 is 21.8. The number of amides is 2. The number of carbonyl (C=O) groups excluding carboxylic acids is 2. The Morgan fingerprint density at radius 3 is 2.03 bits per heavy atom. The average molecular weight is 523 g/mol. The van der Waals surface area contributed by atoms with E-state index in [1.165, 1.54) is 0 Å². The number of benzene rings is 2. The van der Waals surface area contributed by atoms with Gasteiger partial charge in [0.25, 0.3) is 5.91 Å². The van der Waals surface area contributed by atoms with Gasteiger partial charge in [0.2, 0.25) is 5.91 Å². The normalized spacial score (nSPS) is 16.9. The fourth-order valence-corrected chi connectivity index (χ4v) is 5.45. The first-order chi connectivity index (χ1) is 18.3. The van der Waals surface area contributed by atoms with Gasteiger partial charge in [-0.3, -0.25) is 9.59 Å². The van der Waals surface area contributed by atoms with Crippen molar-refractivity contribution in [3.05, 3.63) is 53.1 Å². The van der Waals surface area contributed by atoms with E-state index in [0.717, 1.165) is 37.1 Å². The standard InChI is InChI=1S/C30H38N2O6/c1-6-38-24-9-7-22(8-10-24)29(34)31-14-11-30(12-15-31)13-16-32(20-30)28(33)21(2)17-23-18-26(36-4)27(37-5)19-25(23)35-3/h7-10,17-19H,6,11-16,20H2,1-5H3. The third-order valence-electron chi connectivity index (χ3n) is 7.69. The minimum atomic E-state index is 0.0200. The molecule has 4 rings (SSSR count). The molecular formula is C30H38N2O6. The molecule has 8 heteroatoms. The van der Waals surface area contributed by atoms with Crippen molar-refractivity contribution in [2.24, 2.45) is 5.41 Å². The van der Waals surface area contributed by atoms with E-state index in [2.05, 4.69) is 0 Å². The van der Waals surface area contributed by atoms with Gasteiger partial charge in [-0.2, -0.15) is 0 Å². The molecule has 2 heterocycles. The van der Waals surface area contributed by atoms with Crippen molar-refractivity contribution in [1.82, 2.24) is 9.80 Å². The van der Waals surface area contributed by atoms with Crippen LogP contribution in [0, 0.1) is 5.41 Å². The first-order valence-electron chi connectivity index (χ1n) is 13.1. The van der Waals surface area contributed by atoms with E-state index in [4.69, 9.17) is 18.9 Å². The maximum Gasteiger partial charge on any atom is 0.253 e. The second kappa shape index (κ2) is 11.8. The molecule has 0 radical (unpaired) electrons. The average Bonchev–Trinajstić information content (AvgIpc) is 3.36. The zero-order valence-corrected chi connectivity index (χ0v) is 23.0. The molecule has 0 atom stereocenters. The highest BCUT2D eigenvalue weighted by Gasteiger charge is 2.43. The van der Waals surface area contributed by atoms with E-state index in [9.17, 15) is 9.59 Å². The van der Waals surface area contributed by atoms with Crippen LogP contribution in [0.2, 0.25) is 0 Å². The van der Waals surface area contributed by atoms with Gasteiger partial charge in [-0.1, -0.05) is 0 Å². The number of piperidine rings is 1. The quantitative estimate of drug-likeness (QED) is 0.469. The third kappa shape index (κ3) is 5.74. The van der Waals surface area contributed by atoms with Crippen LogP contribution < -0.4 is 18.9 Å². The van der Waals surface area contributed by atoms with Crippen LogP contribution in [0.15, 0.2) is 42.0 Å². The molecule has 204 valence electrons. The van der Waals surface area contributed by atoms with Crippen molar-refractivity contribution in [3.63, 3.8) is 0 Å². The van der Waals surface area contributed by atoms with Crippen LogP contribution in [0.5, 0.6) is 23.0 Å². The molecule has 0 aliphatic carbocycles. The number of likely N-dealkylation sites (tertiary alicyclic amines) is 2. The van der Waals surface area contributed by atoms with Crippen LogP contribution >= 0.6 is 0 Å². The molecule has 0 saturated carbocycles. The van der Waals surface area contributed by atoms with Gasteiger partial charge >= 0.3 is 0 Å². The van der Waals surface area contributed by atoms with Gasteiger partial charge < -0.3 is 28.7 Å². The molecule has 2 aliphatic rings. The Morgan fingerprint density at radius 1 is 0.868 bits per heavy atom. The summed E-state index contributed by atoms with van der Waals surface area (Å²) in [5, 5.41) is 0. The number of rotatable bonds is 8. The number of hydrogen-bond acceptors (Lipinski definition) is 6. The summed E-state index contributed by atoms with van der Waals surface area (Å²) in [5.41, 5.74) is 2.13. The smallest absolute Gasteiger partial charge is 0.253 e. The Bertz CT molecular complexity index is 1180. The van der Waals surface area contributed by atoms with Crippen LogP contribution in [-0.2, 0) is 4.79 Å². The minimum absolute atomic E-state index is 0.0200. The topological polar surface area (TPSA) is 77.5 Å². The lowest BCUT2D eigenvalue weighted by Crippen LogP contribution is -2.44. The molecule has 2 aromatic rings. The number of methoxy groups -OCH3 is 3. The van der Waals surface area contributed by atoms with Crippen molar-refractivity contribution in [2.45, 2.75) is 33.1 Å². The summed E-state index contributed by atoms with van der Waals surface area (Å²) in [6, 6.07) is 10.9. The molecule has 0 unspecified atom stereocenters. The van der Waals surface area contributed by atoms with E-state index < -0.39 is 0 Å². The van der Waals surface area contributed by atoms with Crippen LogP contribution in [0.3, 0.4) is 0 Å². The first kappa shape index (κ1) is 27.4. The predicted octanol–water partition coefficient (Wildman–Crippen LogP) is 4.67. The highest BCUT2D eigenvalue weighted by Crippen LogP contribution is 2.41. The summed E-state index contributed by atoms with van der Waals surface area (Å²) in [6.45, 7) is 7.21. The Hall–Kier alpha value is -3.68. The Kier molecular flexibility index (Phi) is 8.49. The Labute approximate surface area is 225 Å². The van der Waals surface area contributed by atoms with Crippen LogP contribution in [0.25, 0.3) is 6.08 Å². The summed E-state index contributed by atoms with van der Waals surface area (Å²) in [5.74, 6) is 2.59. The molecule has 1 spiro atoms. The molecule has 38 heavy (non-hydrogen) atoms. The Balaban J connectivity index is 1.38. The largest absolute Gasteiger partial charge is 0.496 e. The molecular weight excluding hydrogens is 484 g/mol. The zero-order chi connectivity index (χ0) is 27.3. The van der Waals surface area contributed by atoms with Gasteiger partial charge in [-0.15, -0.1) is 0 Å². The third-order valence-corrected chi connectivity index (χ3v) is 7.69. The number of hydrogen-bond donors (Lipinski definition) is 0. The molecule has 0 aromatic heterocycles. The Morgan fingerprint density at radius 2 is 1.45 bits per heavy atom. The minimum Gasteiger partial charge on any atom is -0.496 e. The number of carbonyl (C=O) groups is 2. The van der Waals surface area contributed by atoms with E-state index in [0.29, 0.717) is 54.6 Å². The van der Waals surface area contributed by atoms with Crippen molar-refractivity contribution >= 4 is 17.9 Å². The lowest BCUT2D eigenvalue weighted by molar-refractivity contribution is -0.126. The molecule has 0 bridgehead atoms. The van der Waals surface area contributed by atoms with Gasteiger partial charge in [0.1, 0.15) is 11.5 Å². The maximum absolute atomic E-state index is 13.4. The van der Waals surface area contributed by atoms with Crippen molar-refractivity contribution < 1.29 is 28.5 Å². The predicted molar refractivity (Wildman–Crippen MR) is 146 cm³/mol. The van der Waals surface area contributed by atoms with Gasteiger partial charge in [0, 0.05) is 48.9 Å².